The van der Waals surface area contributed by atoms with E-state index in [2.05, 4.69) is 98.7 Å². The van der Waals surface area contributed by atoms with Crippen molar-refractivity contribution in [1.82, 2.24) is 0 Å². The molecule has 0 amide bonds. The van der Waals surface area contributed by atoms with Gasteiger partial charge in [0, 0.05) is 36.4 Å². The molecule has 0 unspecified atom stereocenters. The van der Waals surface area contributed by atoms with Gasteiger partial charge in [0.2, 0.25) is 6.16 Å². The normalized spacial score (nSPS) is 11.0. The van der Waals surface area contributed by atoms with Crippen LogP contribution in [0.1, 0.15) is 236 Å². The Hall–Kier alpha value is -4.52. The van der Waals surface area contributed by atoms with Crippen molar-refractivity contribution in [2.45, 2.75) is 250 Å². The van der Waals surface area contributed by atoms with E-state index >= 15 is 0 Å². The molecule has 3 aromatic carbocycles. The molecule has 0 heterocycles. The Kier molecular flexibility index (Phi) is 40.4. The Labute approximate surface area is 470 Å². The van der Waals surface area contributed by atoms with Gasteiger partial charge in [-0.05, 0) is 57.8 Å². The van der Waals surface area contributed by atoms with E-state index in [1.165, 1.54) is 0 Å². The first kappa shape index (κ1) is 68.6. The molecular weight excluding hydrogens is 993 g/mol. The third-order valence-corrected chi connectivity index (χ3v) is 15.1. The number of unbranched alkanes of at least 4 members (excludes halogenated alkanes) is 18. The summed E-state index contributed by atoms with van der Waals surface area (Å²) in [7, 11) is -1.09. The van der Waals surface area contributed by atoms with Gasteiger partial charge < -0.3 is 57.6 Å². The first-order valence-electron chi connectivity index (χ1n) is 30.5. The molecule has 0 bridgehead atoms. The summed E-state index contributed by atoms with van der Waals surface area (Å²) in [6.45, 7) is 25.2. The fourth-order valence-corrected chi connectivity index (χ4v) is 10.8. The largest absolute Gasteiger partial charge is 0.565 e. The Bertz CT molecular complexity index is 1630. The topological polar surface area (TPSA) is 143 Å². The highest BCUT2D eigenvalue weighted by Crippen LogP contribution is 2.56. The monoisotopic (exact) mass is 1100 g/mol. The van der Waals surface area contributed by atoms with Gasteiger partial charge in [-0.1, -0.05) is 178 Å². The molecule has 0 aliphatic heterocycles. The number of rotatable bonds is 48. The molecule has 3 rings (SSSR count). The van der Waals surface area contributed by atoms with Crippen LogP contribution >= 0.6 is 0 Å². The maximum absolute atomic E-state index is 8.44. The molecule has 0 spiro atoms. The molecule has 0 aromatic heterocycles. The average Bonchev–Trinajstić information content (AvgIpc) is 3.43. The van der Waals surface area contributed by atoms with Crippen molar-refractivity contribution in [3.05, 3.63) is 36.4 Å². The van der Waals surface area contributed by atoms with Crippen molar-refractivity contribution < 1.29 is 57.6 Å². The van der Waals surface area contributed by atoms with Gasteiger partial charge >= 0.3 is 0 Å². The Balaban J connectivity index is 0.00000489. The van der Waals surface area contributed by atoms with Crippen LogP contribution in [0.3, 0.4) is 0 Å². The molecular formula is C64H106O12S. The molecule has 0 aliphatic carbocycles. The van der Waals surface area contributed by atoms with Gasteiger partial charge in [0.1, 0.15) is 28.1 Å². The second-order valence-corrected chi connectivity index (χ2v) is 21.7. The maximum atomic E-state index is 8.44. The average molecular weight is 1100 g/mol. The van der Waals surface area contributed by atoms with Gasteiger partial charge in [0.15, 0.2) is 34.5 Å². The first-order valence-corrected chi connectivity index (χ1v) is 31.7. The lowest BCUT2D eigenvalue weighted by atomic mass is 10.2. The molecule has 0 saturated carbocycles. The lowest BCUT2D eigenvalue weighted by Gasteiger charge is -2.24. The van der Waals surface area contributed by atoms with Gasteiger partial charge in [-0.25, -0.2) is 0 Å². The van der Waals surface area contributed by atoms with Gasteiger partial charge in [-0.2, -0.15) is 0 Å². The van der Waals surface area contributed by atoms with Gasteiger partial charge in [-0.3, -0.25) is 0 Å². The van der Waals surface area contributed by atoms with Crippen molar-refractivity contribution in [3.63, 3.8) is 0 Å². The minimum absolute atomic E-state index is 0.545. The summed E-state index contributed by atoms with van der Waals surface area (Å²) in [5, 5.41) is 15.3. The highest BCUT2D eigenvalue weighted by atomic mass is 32.2. The SMILES string of the molecule is CCCCCOc1cc(OCCCCC)c([S+](c2c(OCCCCC)cc(OCCCCC)cc2OCCCCC)c2c(OCCCCC)cc(OCCCCC)cc2OCCCCC)c(OCCCCC)c1.O=C([O-])O. The molecule has 440 valence electrons. The van der Waals surface area contributed by atoms with E-state index in [4.69, 9.17) is 57.6 Å². The van der Waals surface area contributed by atoms with E-state index in [-0.39, 0.29) is 0 Å². The van der Waals surface area contributed by atoms with E-state index in [1.54, 1.807) is 0 Å². The minimum atomic E-state index is -2.08. The van der Waals surface area contributed by atoms with Crippen LogP contribution in [0, 0.1) is 0 Å². The Morgan fingerprint density at radius 3 is 0.597 bits per heavy atom. The van der Waals surface area contributed by atoms with E-state index in [0.29, 0.717) is 59.5 Å². The van der Waals surface area contributed by atoms with Crippen LogP contribution in [0.2, 0.25) is 0 Å². The van der Waals surface area contributed by atoms with E-state index in [9.17, 15) is 0 Å². The van der Waals surface area contributed by atoms with Crippen LogP contribution in [0.25, 0.3) is 0 Å². The number of carboxylic acid groups (broad SMARTS) is 2. The zero-order valence-corrected chi connectivity index (χ0v) is 50.6. The van der Waals surface area contributed by atoms with Crippen molar-refractivity contribution in [2.75, 3.05) is 59.5 Å². The number of hydrogen-bond acceptors (Lipinski definition) is 11. The summed E-state index contributed by atoms with van der Waals surface area (Å²) in [5.41, 5.74) is 0. The molecule has 3 aromatic rings. The minimum Gasteiger partial charge on any atom is -0.565 e. The predicted octanol–water partition coefficient (Wildman–Crippen LogP) is 17.8. The second-order valence-electron chi connectivity index (χ2n) is 19.8. The Morgan fingerprint density at radius 1 is 0.312 bits per heavy atom. The van der Waals surface area contributed by atoms with E-state index in [0.717, 1.165) is 240 Å². The molecule has 13 heteroatoms. The lowest BCUT2D eigenvalue weighted by molar-refractivity contribution is -0.275. The summed E-state index contributed by atoms with van der Waals surface area (Å²) in [6, 6.07) is 12.6. The molecule has 0 atom stereocenters. The number of benzene rings is 3. The first-order chi connectivity index (χ1) is 37.7. The predicted molar refractivity (Wildman–Crippen MR) is 315 cm³/mol. The fraction of sp³-hybridized carbons (Fsp3) is 0.703. The van der Waals surface area contributed by atoms with Crippen LogP contribution < -0.4 is 47.7 Å². The summed E-state index contributed by atoms with van der Waals surface area (Å²) in [5.74, 6) is 6.56. The van der Waals surface area contributed by atoms with Crippen molar-refractivity contribution >= 4 is 17.1 Å². The van der Waals surface area contributed by atoms with Crippen molar-refractivity contribution in [2.24, 2.45) is 0 Å². The van der Waals surface area contributed by atoms with Gasteiger partial charge in [0.25, 0.3) is 14.7 Å². The molecule has 1 N–H and O–H groups in total. The summed E-state index contributed by atoms with van der Waals surface area (Å²) in [4.78, 5) is 11.1. The van der Waals surface area contributed by atoms with Crippen LogP contribution in [0.15, 0.2) is 51.1 Å². The smallest absolute Gasteiger partial charge is 0.250 e. The third kappa shape index (κ3) is 28.8. The highest BCUT2D eigenvalue weighted by molar-refractivity contribution is 7.97. The maximum Gasteiger partial charge on any atom is 0.250 e. The zero-order chi connectivity index (χ0) is 56.1. The van der Waals surface area contributed by atoms with Crippen LogP contribution in [0.5, 0.6) is 51.7 Å². The Morgan fingerprint density at radius 2 is 0.455 bits per heavy atom. The third-order valence-electron chi connectivity index (χ3n) is 12.7. The molecule has 0 aliphatic rings. The summed E-state index contributed by atoms with van der Waals surface area (Å²) in [6.07, 6.45) is 25.9. The van der Waals surface area contributed by atoms with Gasteiger partial charge in [0.05, 0.1) is 59.5 Å². The van der Waals surface area contributed by atoms with Crippen LogP contribution in [-0.2, 0) is 10.9 Å². The number of ether oxygens (including phenoxy) is 9. The molecule has 12 nitrogen and oxygen atoms in total. The molecule has 0 saturated heterocycles. The highest BCUT2D eigenvalue weighted by Gasteiger charge is 2.47. The fourth-order valence-electron chi connectivity index (χ4n) is 8.29. The summed E-state index contributed by atoms with van der Waals surface area (Å²) < 4.78 is 62.8. The molecule has 0 fully saturated rings. The van der Waals surface area contributed by atoms with Crippen molar-refractivity contribution in [3.8, 4) is 51.7 Å². The van der Waals surface area contributed by atoms with Crippen LogP contribution in [0.4, 0.5) is 4.79 Å². The number of carbonyl (C=O) groups is 1. The lowest BCUT2D eigenvalue weighted by Crippen LogP contribution is -2.18. The standard InChI is InChI=1S/C63H105O9S.CH2O3/c1-10-19-28-37-64-52-46-55(67-40-31-22-13-4)61(56(47-52)68-41-32-23-14-5)73(62-57(69-42-33-24-15-6)48-53(65-38-29-20-11-2)49-58(62)70-43-34-25-16-7)63-59(71-44-35-26-17-8)50-54(66-39-30-21-12-3)51-60(63)72-45-36-27-18-9;2-1(3)4/h46-51H,10-45H2,1-9H3;(H2,2,3,4)/q+1;/p-1. The van der Waals surface area contributed by atoms with Crippen LogP contribution in [-0.4, -0.2) is 70.7 Å². The van der Waals surface area contributed by atoms with E-state index < -0.39 is 17.1 Å². The van der Waals surface area contributed by atoms with Gasteiger partial charge in [-0.15, -0.1) is 0 Å². The molecule has 77 heavy (non-hydrogen) atoms. The summed E-state index contributed by atoms with van der Waals surface area (Å²) >= 11 is 0. The quantitative estimate of drug-likeness (QED) is 0.0425. The zero-order valence-electron chi connectivity index (χ0n) is 49.8. The molecule has 0 radical (unpaired) electrons. The van der Waals surface area contributed by atoms with E-state index in [1.807, 2.05) is 0 Å². The number of hydrogen-bond donors (Lipinski definition) is 1. The second kappa shape index (κ2) is 45.4. The van der Waals surface area contributed by atoms with Crippen molar-refractivity contribution in [1.29, 1.82) is 0 Å².